The maximum Gasteiger partial charge on any atom is 0.317 e. The molecule has 4 nitrogen and oxygen atoms in total. The van der Waals surface area contributed by atoms with Crippen LogP contribution in [0, 0.1) is 11.8 Å². The molecule has 2 aromatic rings. The Kier molecular flexibility index (Phi) is 3.44. The minimum Gasteiger partial charge on any atom is -0.468 e. The number of esters is 1. The van der Waals surface area contributed by atoms with Crippen LogP contribution in [0.4, 0.5) is 0 Å². The molecule has 0 unspecified atom stereocenters. The van der Waals surface area contributed by atoms with Gasteiger partial charge in [0.2, 0.25) is 0 Å². The van der Waals surface area contributed by atoms with Crippen molar-refractivity contribution in [1.82, 2.24) is 4.98 Å². The van der Waals surface area contributed by atoms with Gasteiger partial charge in [0, 0.05) is 28.2 Å². The number of carbonyl (C=O) groups is 2. The molecule has 0 amide bonds. The molecule has 0 bridgehead atoms. The Morgan fingerprint density at radius 3 is 3.06 bits per heavy atom. The molecule has 4 heteroatoms. The van der Waals surface area contributed by atoms with E-state index < -0.39 is 0 Å². The first-order valence-corrected chi connectivity index (χ1v) is 5.36. The zero-order valence-electron chi connectivity index (χ0n) is 9.82. The Hall–Kier alpha value is -2.54. The molecule has 0 aliphatic heterocycles. The average molecular weight is 241 g/mol. The Bertz CT molecular complexity index is 658. The number of hydrogen-bond donors (Lipinski definition) is 1. The van der Waals surface area contributed by atoms with Gasteiger partial charge in [0.15, 0.2) is 6.29 Å². The lowest BCUT2D eigenvalue weighted by Gasteiger charge is -1.93. The molecule has 0 atom stereocenters. The van der Waals surface area contributed by atoms with Crippen LogP contribution in [0.1, 0.15) is 22.3 Å². The van der Waals surface area contributed by atoms with Crippen molar-refractivity contribution in [3.63, 3.8) is 0 Å². The molecule has 1 aromatic heterocycles. The molecule has 0 aliphatic carbocycles. The first-order valence-electron chi connectivity index (χ1n) is 5.36. The van der Waals surface area contributed by atoms with Crippen LogP contribution in [0.2, 0.25) is 0 Å². The van der Waals surface area contributed by atoms with Gasteiger partial charge < -0.3 is 9.72 Å². The Labute approximate surface area is 104 Å². The molecule has 0 spiro atoms. The third-order valence-electron chi connectivity index (χ3n) is 2.53. The molecule has 2 rings (SSSR count). The summed E-state index contributed by atoms with van der Waals surface area (Å²) in [5, 5.41) is 0.864. The molecule has 18 heavy (non-hydrogen) atoms. The maximum absolute atomic E-state index is 10.9. The lowest BCUT2D eigenvalue weighted by molar-refractivity contribution is -0.139. The Balaban J connectivity index is 2.25. The smallest absolute Gasteiger partial charge is 0.317 e. The number of hydrogen-bond acceptors (Lipinski definition) is 3. The zero-order chi connectivity index (χ0) is 13.0. The number of fused-ring (bicyclic) bond motifs is 1. The third kappa shape index (κ3) is 2.41. The standard InChI is InChI=1S/C14H11NO3/c1-18-14(17)4-2-3-10-5-6-12-11(9-16)8-15-13(12)7-10/h5-9,15H,4H2,1H3. The fourth-order valence-electron chi connectivity index (χ4n) is 1.61. The van der Waals surface area contributed by atoms with Gasteiger partial charge >= 0.3 is 5.97 Å². The SMILES string of the molecule is COC(=O)CC#Cc1ccc2c(C=O)c[nH]c2c1. The average Bonchev–Trinajstić information content (AvgIpc) is 2.80. The number of aromatic amines is 1. The molecule has 1 aromatic carbocycles. The van der Waals surface area contributed by atoms with E-state index >= 15 is 0 Å². The van der Waals surface area contributed by atoms with E-state index in [1.54, 1.807) is 6.20 Å². The van der Waals surface area contributed by atoms with Gasteiger partial charge in [-0.2, -0.15) is 0 Å². The van der Waals surface area contributed by atoms with Gasteiger partial charge in [0.1, 0.15) is 6.42 Å². The van der Waals surface area contributed by atoms with Crippen molar-refractivity contribution in [2.24, 2.45) is 0 Å². The summed E-state index contributed by atoms with van der Waals surface area (Å²) in [5.41, 5.74) is 2.26. The number of aldehydes is 1. The van der Waals surface area contributed by atoms with E-state index in [0.29, 0.717) is 5.56 Å². The van der Waals surface area contributed by atoms with Gasteiger partial charge in [-0.3, -0.25) is 9.59 Å². The first-order chi connectivity index (χ1) is 8.74. The summed E-state index contributed by atoms with van der Waals surface area (Å²) in [5.74, 6) is 5.25. The van der Waals surface area contributed by atoms with Crippen molar-refractivity contribution in [3.05, 3.63) is 35.5 Å². The molecule has 0 fully saturated rings. The Morgan fingerprint density at radius 2 is 2.33 bits per heavy atom. The van der Waals surface area contributed by atoms with Gasteiger partial charge in [-0.15, -0.1) is 0 Å². The second-order valence-electron chi connectivity index (χ2n) is 3.68. The van der Waals surface area contributed by atoms with Crippen LogP contribution in [0.15, 0.2) is 24.4 Å². The summed E-state index contributed by atoms with van der Waals surface area (Å²) in [7, 11) is 1.33. The van der Waals surface area contributed by atoms with Crippen LogP contribution in [0.3, 0.4) is 0 Å². The number of benzene rings is 1. The van der Waals surface area contributed by atoms with Gasteiger partial charge in [-0.1, -0.05) is 17.9 Å². The predicted molar refractivity (Wildman–Crippen MR) is 67.2 cm³/mol. The van der Waals surface area contributed by atoms with Gasteiger partial charge in [0.25, 0.3) is 0 Å². The van der Waals surface area contributed by atoms with Crippen LogP contribution in [0.25, 0.3) is 10.9 Å². The summed E-state index contributed by atoms with van der Waals surface area (Å²) < 4.78 is 4.49. The van der Waals surface area contributed by atoms with E-state index in [2.05, 4.69) is 21.6 Å². The van der Waals surface area contributed by atoms with Crippen LogP contribution >= 0.6 is 0 Å². The lowest BCUT2D eigenvalue weighted by Crippen LogP contribution is -1.96. The molecule has 90 valence electrons. The molecule has 1 heterocycles. The number of rotatable bonds is 2. The van der Waals surface area contributed by atoms with E-state index in [-0.39, 0.29) is 12.4 Å². The molecule has 1 N–H and O–H groups in total. The summed E-state index contributed by atoms with van der Waals surface area (Å²) >= 11 is 0. The second-order valence-corrected chi connectivity index (χ2v) is 3.68. The highest BCUT2D eigenvalue weighted by Crippen LogP contribution is 2.17. The van der Waals surface area contributed by atoms with Crippen molar-refractivity contribution in [2.75, 3.05) is 7.11 Å². The summed E-state index contributed by atoms with van der Waals surface area (Å²) in [6.45, 7) is 0. The van der Waals surface area contributed by atoms with E-state index in [1.165, 1.54) is 7.11 Å². The summed E-state index contributed by atoms with van der Waals surface area (Å²) in [6, 6.07) is 5.48. The van der Waals surface area contributed by atoms with Crippen molar-refractivity contribution in [1.29, 1.82) is 0 Å². The number of nitrogens with one attached hydrogen (secondary N) is 1. The molecular weight excluding hydrogens is 230 g/mol. The number of H-pyrrole nitrogens is 1. The monoisotopic (exact) mass is 241 g/mol. The van der Waals surface area contributed by atoms with Crippen molar-refractivity contribution >= 4 is 23.2 Å². The molecule has 0 saturated carbocycles. The fraction of sp³-hybridized carbons (Fsp3) is 0.143. The second kappa shape index (κ2) is 5.19. The third-order valence-corrected chi connectivity index (χ3v) is 2.53. The van der Waals surface area contributed by atoms with Crippen molar-refractivity contribution in [3.8, 4) is 11.8 Å². The summed E-state index contributed by atoms with van der Waals surface area (Å²) in [6.07, 6.45) is 2.53. The van der Waals surface area contributed by atoms with Crippen molar-refractivity contribution < 1.29 is 14.3 Å². The quantitative estimate of drug-likeness (QED) is 0.496. The minimum atomic E-state index is -0.355. The Morgan fingerprint density at radius 1 is 1.50 bits per heavy atom. The van der Waals surface area contributed by atoms with E-state index in [9.17, 15) is 9.59 Å². The van der Waals surface area contributed by atoms with Crippen LogP contribution in [-0.4, -0.2) is 24.3 Å². The number of methoxy groups -OCH3 is 1. The van der Waals surface area contributed by atoms with E-state index in [0.717, 1.165) is 22.8 Å². The lowest BCUT2D eigenvalue weighted by atomic mass is 10.1. The largest absolute Gasteiger partial charge is 0.468 e. The summed E-state index contributed by atoms with van der Waals surface area (Å²) in [4.78, 5) is 24.6. The highest BCUT2D eigenvalue weighted by atomic mass is 16.5. The fourth-order valence-corrected chi connectivity index (χ4v) is 1.61. The zero-order valence-corrected chi connectivity index (χ0v) is 9.82. The van der Waals surface area contributed by atoms with Crippen molar-refractivity contribution in [2.45, 2.75) is 6.42 Å². The topological polar surface area (TPSA) is 59.2 Å². The minimum absolute atomic E-state index is 0.0683. The number of carbonyl (C=O) groups excluding carboxylic acids is 2. The number of aromatic nitrogens is 1. The van der Waals surface area contributed by atoms with Gasteiger partial charge in [0.05, 0.1) is 7.11 Å². The highest BCUT2D eigenvalue weighted by molar-refractivity contribution is 5.97. The molecule has 0 saturated heterocycles. The highest BCUT2D eigenvalue weighted by Gasteiger charge is 2.02. The van der Waals surface area contributed by atoms with Crippen LogP contribution in [0.5, 0.6) is 0 Å². The van der Waals surface area contributed by atoms with E-state index in [4.69, 9.17) is 0 Å². The maximum atomic E-state index is 10.9. The van der Waals surface area contributed by atoms with Gasteiger partial charge in [-0.05, 0) is 12.1 Å². The van der Waals surface area contributed by atoms with Gasteiger partial charge in [-0.25, -0.2) is 0 Å². The van der Waals surface area contributed by atoms with Crippen LogP contribution in [-0.2, 0) is 9.53 Å². The first kappa shape index (κ1) is 11.9. The van der Waals surface area contributed by atoms with Crippen LogP contribution < -0.4 is 0 Å². The normalized spacial score (nSPS) is 9.61. The number of ether oxygens (including phenoxy) is 1. The molecule has 0 aliphatic rings. The van der Waals surface area contributed by atoms with E-state index in [1.807, 2.05) is 18.2 Å². The molecule has 0 radical (unpaired) electrons. The molecular formula is C14H11NO3. The predicted octanol–water partition coefficient (Wildman–Crippen LogP) is 1.89.